The highest BCUT2D eigenvalue weighted by atomic mass is 32.2. The molecular weight excluding hydrogens is 394 g/mol. The zero-order chi connectivity index (χ0) is 20.1. The fourth-order valence-electron chi connectivity index (χ4n) is 3.75. The van der Waals surface area contributed by atoms with Crippen LogP contribution < -0.4 is 5.32 Å². The molecule has 0 unspecified atom stereocenters. The molecule has 4 heteroatoms. The van der Waals surface area contributed by atoms with Crippen molar-refractivity contribution in [1.82, 2.24) is 5.32 Å². The van der Waals surface area contributed by atoms with E-state index in [4.69, 9.17) is 0 Å². The Morgan fingerprint density at radius 2 is 1.62 bits per heavy atom. The first kappa shape index (κ1) is 20.1. The van der Waals surface area contributed by atoms with E-state index in [1.165, 1.54) is 33.4 Å². The molecule has 3 aromatic rings. The van der Waals surface area contributed by atoms with Crippen LogP contribution in [0.25, 0.3) is 11.1 Å². The monoisotopic (exact) mass is 419 g/mol. The van der Waals surface area contributed by atoms with Gasteiger partial charge in [-0.05, 0) is 34.7 Å². The van der Waals surface area contributed by atoms with Crippen molar-refractivity contribution < 1.29 is 4.79 Å². The molecule has 0 heterocycles. The van der Waals surface area contributed by atoms with Crippen LogP contribution in [0.15, 0.2) is 72.8 Å². The van der Waals surface area contributed by atoms with Gasteiger partial charge in [-0.1, -0.05) is 78.4 Å². The minimum Gasteiger partial charge on any atom is -0.355 e. The highest BCUT2D eigenvalue weighted by Gasteiger charge is 2.28. The standard InChI is InChI=1S/C25H25NOS2/c1-18-7-6-8-19(15-18)16-28-14-13-26-24(27)17-29-25-22-11-4-2-9-20(22)21-10-3-5-12-23(21)25/h2-12,15,25H,13-14,16-17H2,1H3,(H,26,27). The van der Waals surface area contributed by atoms with E-state index in [0.29, 0.717) is 12.3 Å². The van der Waals surface area contributed by atoms with Gasteiger partial charge < -0.3 is 5.32 Å². The van der Waals surface area contributed by atoms with Crippen molar-refractivity contribution in [1.29, 1.82) is 0 Å². The molecule has 3 aromatic carbocycles. The summed E-state index contributed by atoms with van der Waals surface area (Å²) >= 11 is 3.58. The predicted molar refractivity (Wildman–Crippen MR) is 127 cm³/mol. The molecule has 1 amide bonds. The lowest BCUT2D eigenvalue weighted by Gasteiger charge is -2.13. The lowest BCUT2D eigenvalue weighted by molar-refractivity contribution is -0.118. The quantitative estimate of drug-likeness (QED) is 0.465. The molecule has 0 saturated carbocycles. The number of hydrogen-bond donors (Lipinski definition) is 1. The van der Waals surface area contributed by atoms with Gasteiger partial charge in [0.2, 0.25) is 5.91 Å². The van der Waals surface area contributed by atoms with Crippen molar-refractivity contribution in [3.8, 4) is 11.1 Å². The van der Waals surface area contributed by atoms with Gasteiger partial charge in [0, 0.05) is 18.1 Å². The van der Waals surface area contributed by atoms with Crippen LogP contribution in [0.3, 0.4) is 0 Å². The Balaban J connectivity index is 1.24. The molecule has 0 aromatic heterocycles. The summed E-state index contributed by atoms with van der Waals surface area (Å²) in [5.41, 5.74) is 7.88. The van der Waals surface area contributed by atoms with Gasteiger partial charge in [-0.3, -0.25) is 4.79 Å². The molecule has 4 rings (SSSR count). The van der Waals surface area contributed by atoms with Crippen LogP contribution in [-0.4, -0.2) is 24.0 Å². The zero-order valence-electron chi connectivity index (χ0n) is 16.6. The molecule has 1 aliphatic carbocycles. The summed E-state index contributed by atoms with van der Waals surface area (Å²) in [7, 11) is 0. The average Bonchev–Trinajstić information content (AvgIpc) is 3.06. The largest absolute Gasteiger partial charge is 0.355 e. The fraction of sp³-hybridized carbons (Fsp3) is 0.240. The maximum absolute atomic E-state index is 12.4. The SMILES string of the molecule is Cc1cccc(CSCCNC(=O)CSC2c3ccccc3-c3ccccc32)c1. The fourth-order valence-corrected chi connectivity index (χ4v) is 5.75. The highest BCUT2D eigenvalue weighted by molar-refractivity contribution is 8.00. The lowest BCUT2D eigenvalue weighted by atomic mass is 10.1. The number of aryl methyl sites for hydroxylation is 1. The van der Waals surface area contributed by atoms with E-state index >= 15 is 0 Å². The Labute approximate surface area is 181 Å². The number of fused-ring (bicyclic) bond motifs is 3. The van der Waals surface area contributed by atoms with E-state index in [2.05, 4.69) is 85.0 Å². The molecule has 0 atom stereocenters. The molecule has 0 radical (unpaired) electrons. The number of amides is 1. The Kier molecular flexibility index (Phi) is 6.63. The van der Waals surface area contributed by atoms with E-state index < -0.39 is 0 Å². The van der Waals surface area contributed by atoms with Crippen LogP contribution >= 0.6 is 23.5 Å². The molecule has 0 spiro atoms. The Hall–Kier alpha value is -2.17. The van der Waals surface area contributed by atoms with Gasteiger partial charge in [0.05, 0.1) is 11.0 Å². The van der Waals surface area contributed by atoms with Crippen LogP contribution in [0.2, 0.25) is 0 Å². The summed E-state index contributed by atoms with van der Waals surface area (Å²) in [5.74, 6) is 2.52. The minimum absolute atomic E-state index is 0.119. The first-order chi connectivity index (χ1) is 14.2. The van der Waals surface area contributed by atoms with Gasteiger partial charge >= 0.3 is 0 Å². The summed E-state index contributed by atoms with van der Waals surface area (Å²) in [6, 6.07) is 25.7. The van der Waals surface area contributed by atoms with Crippen molar-refractivity contribution in [3.63, 3.8) is 0 Å². The molecule has 0 bridgehead atoms. The molecule has 1 N–H and O–H groups in total. The van der Waals surface area contributed by atoms with Crippen LogP contribution in [0.4, 0.5) is 0 Å². The van der Waals surface area contributed by atoms with Gasteiger partial charge in [-0.25, -0.2) is 0 Å². The molecular formula is C25H25NOS2. The second-order valence-corrected chi connectivity index (χ2v) is 9.46. The number of rotatable bonds is 8. The molecule has 1 aliphatic rings. The van der Waals surface area contributed by atoms with Crippen molar-refractivity contribution in [2.75, 3.05) is 18.1 Å². The third kappa shape index (κ3) is 4.88. The molecule has 29 heavy (non-hydrogen) atoms. The third-order valence-electron chi connectivity index (χ3n) is 5.08. The van der Waals surface area contributed by atoms with E-state index in [-0.39, 0.29) is 11.2 Å². The number of benzene rings is 3. The number of nitrogens with one attached hydrogen (secondary N) is 1. The van der Waals surface area contributed by atoms with Crippen molar-refractivity contribution in [2.45, 2.75) is 17.9 Å². The highest BCUT2D eigenvalue weighted by Crippen LogP contribution is 2.49. The molecule has 2 nitrogen and oxygen atoms in total. The summed E-state index contributed by atoms with van der Waals surface area (Å²) in [5, 5.41) is 3.31. The van der Waals surface area contributed by atoms with Crippen LogP contribution in [0.1, 0.15) is 27.5 Å². The van der Waals surface area contributed by atoms with E-state index in [1.54, 1.807) is 11.8 Å². The number of carbonyl (C=O) groups excluding carboxylic acids is 1. The van der Waals surface area contributed by atoms with Crippen LogP contribution in [-0.2, 0) is 10.5 Å². The van der Waals surface area contributed by atoms with E-state index in [0.717, 1.165) is 11.5 Å². The maximum atomic E-state index is 12.4. The van der Waals surface area contributed by atoms with E-state index in [9.17, 15) is 4.79 Å². The van der Waals surface area contributed by atoms with Gasteiger partial charge in [-0.2, -0.15) is 11.8 Å². The summed E-state index contributed by atoms with van der Waals surface area (Å²) in [6.45, 7) is 2.83. The molecule has 148 valence electrons. The van der Waals surface area contributed by atoms with Crippen LogP contribution in [0.5, 0.6) is 0 Å². The number of hydrogen-bond acceptors (Lipinski definition) is 3. The topological polar surface area (TPSA) is 29.1 Å². The van der Waals surface area contributed by atoms with Gasteiger partial charge in [0.25, 0.3) is 0 Å². The van der Waals surface area contributed by atoms with Crippen molar-refractivity contribution in [3.05, 3.63) is 95.1 Å². The van der Waals surface area contributed by atoms with Crippen molar-refractivity contribution >= 4 is 29.4 Å². The lowest BCUT2D eigenvalue weighted by Crippen LogP contribution is -2.27. The van der Waals surface area contributed by atoms with Gasteiger partial charge in [-0.15, -0.1) is 11.8 Å². The summed E-state index contributed by atoms with van der Waals surface area (Å²) < 4.78 is 0. The Morgan fingerprint density at radius 3 is 2.31 bits per heavy atom. The van der Waals surface area contributed by atoms with E-state index in [1.807, 2.05) is 11.8 Å². The number of carbonyl (C=O) groups is 1. The van der Waals surface area contributed by atoms with Crippen LogP contribution in [0, 0.1) is 6.92 Å². The molecule has 0 fully saturated rings. The predicted octanol–water partition coefficient (Wildman–Crippen LogP) is 5.85. The normalized spacial score (nSPS) is 12.4. The molecule has 0 aliphatic heterocycles. The second kappa shape index (κ2) is 9.55. The van der Waals surface area contributed by atoms with Gasteiger partial charge in [0.15, 0.2) is 0 Å². The Bertz CT molecular complexity index is 956. The van der Waals surface area contributed by atoms with Gasteiger partial charge in [0.1, 0.15) is 0 Å². The maximum Gasteiger partial charge on any atom is 0.230 e. The third-order valence-corrected chi connectivity index (χ3v) is 7.38. The first-order valence-corrected chi connectivity index (χ1v) is 12.1. The summed E-state index contributed by atoms with van der Waals surface area (Å²) in [4.78, 5) is 12.4. The second-order valence-electron chi connectivity index (χ2n) is 7.26. The zero-order valence-corrected chi connectivity index (χ0v) is 18.2. The number of thioether (sulfide) groups is 2. The van der Waals surface area contributed by atoms with Crippen molar-refractivity contribution in [2.24, 2.45) is 0 Å². The molecule has 0 saturated heterocycles. The smallest absolute Gasteiger partial charge is 0.230 e. The summed E-state index contributed by atoms with van der Waals surface area (Å²) in [6.07, 6.45) is 0. The average molecular weight is 420 g/mol. The minimum atomic E-state index is 0.119. The Morgan fingerprint density at radius 1 is 0.931 bits per heavy atom. The first-order valence-electron chi connectivity index (χ1n) is 9.92.